The molecule has 2 aromatic carbocycles. The standard InChI is InChI=1S/C28H27ClF3N7O3/c29-16-5-6-17(21(11-16)39-15-35-18-3-1-2-4-20(18)39)24(28(30,31)32)42-23-12-22(36-26(33)37-23)38-9-7-27(8-10-38)13-19(25(40)41)34-14-27/h1-6,11-12,15,19,24,34H,7-10,13-14H2,(H,40,41)(H2,33,36,37)/t19?,24-/m1/s1. The number of aliphatic carboxylic acids is 1. The summed E-state index contributed by atoms with van der Waals surface area (Å²) in [7, 11) is 0. The van der Waals surface area contributed by atoms with Crippen LogP contribution in [0.2, 0.25) is 5.02 Å². The van der Waals surface area contributed by atoms with Gasteiger partial charge in [-0.15, -0.1) is 0 Å². The number of ether oxygens (including phenoxy) is 1. The quantitative estimate of drug-likeness (QED) is 0.286. The number of nitrogens with two attached hydrogens (primary N) is 1. The highest BCUT2D eigenvalue weighted by atomic mass is 35.5. The van der Waals surface area contributed by atoms with Crippen molar-refractivity contribution < 1.29 is 27.8 Å². The van der Waals surface area contributed by atoms with Gasteiger partial charge in [-0.2, -0.15) is 23.1 Å². The average molecular weight is 602 g/mol. The Morgan fingerprint density at radius 2 is 1.93 bits per heavy atom. The summed E-state index contributed by atoms with van der Waals surface area (Å²) in [6.45, 7) is 1.66. The van der Waals surface area contributed by atoms with Gasteiger partial charge in [0.1, 0.15) is 18.2 Å². The largest absolute Gasteiger partial charge is 0.480 e. The minimum atomic E-state index is -4.83. The topological polar surface area (TPSA) is 131 Å². The second-order valence-electron chi connectivity index (χ2n) is 10.7. The van der Waals surface area contributed by atoms with Crippen LogP contribution in [0.3, 0.4) is 0 Å². The molecule has 0 saturated carbocycles. The number of hydrogen-bond donors (Lipinski definition) is 3. The first kappa shape index (κ1) is 28.0. The molecule has 14 heteroatoms. The zero-order valence-electron chi connectivity index (χ0n) is 22.2. The molecule has 2 saturated heterocycles. The summed E-state index contributed by atoms with van der Waals surface area (Å²) in [4.78, 5) is 25.8. The number of nitrogens with one attached hydrogen (secondary N) is 1. The third kappa shape index (κ3) is 5.41. The van der Waals surface area contributed by atoms with Crippen LogP contribution in [-0.4, -0.2) is 62.4 Å². The van der Waals surface area contributed by atoms with Crippen molar-refractivity contribution in [2.45, 2.75) is 37.6 Å². The highest BCUT2D eigenvalue weighted by Crippen LogP contribution is 2.42. The lowest BCUT2D eigenvalue weighted by molar-refractivity contribution is -0.198. The van der Waals surface area contributed by atoms with Crippen LogP contribution in [0, 0.1) is 5.41 Å². The Morgan fingerprint density at radius 1 is 1.17 bits per heavy atom. The zero-order valence-corrected chi connectivity index (χ0v) is 22.9. The number of carbonyl (C=O) groups is 1. The molecule has 6 rings (SSSR count). The number of carboxylic acid groups (broad SMARTS) is 1. The minimum absolute atomic E-state index is 0.151. The Balaban J connectivity index is 1.29. The van der Waals surface area contributed by atoms with Gasteiger partial charge in [0.2, 0.25) is 17.9 Å². The number of halogens is 4. The summed E-state index contributed by atoms with van der Waals surface area (Å²) in [5.74, 6) is -1.09. The molecule has 2 aliphatic rings. The zero-order chi connectivity index (χ0) is 29.6. The molecule has 0 aliphatic carbocycles. The molecule has 10 nitrogen and oxygen atoms in total. The molecule has 4 N–H and O–H groups in total. The molecule has 42 heavy (non-hydrogen) atoms. The molecule has 2 aliphatic heterocycles. The Bertz CT molecular complexity index is 1640. The van der Waals surface area contributed by atoms with Crippen molar-refractivity contribution in [1.29, 1.82) is 0 Å². The second kappa shape index (κ2) is 10.6. The van der Waals surface area contributed by atoms with E-state index in [0.717, 1.165) is 0 Å². The molecule has 0 bridgehead atoms. The van der Waals surface area contributed by atoms with E-state index in [1.807, 2.05) is 4.90 Å². The van der Waals surface area contributed by atoms with Gasteiger partial charge in [-0.3, -0.25) is 9.36 Å². The van der Waals surface area contributed by atoms with Crippen LogP contribution < -0.4 is 20.7 Å². The lowest BCUT2D eigenvalue weighted by Gasteiger charge is -2.39. The van der Waals surface area contributed by atoms with Crippen LogP contribution in [0.4, 0.5) is 24.9 Å². The Morgan fingerprint density at radius 3 is 2.64 bits per heavy atom. The predicted molar refractivity (Wildman–Crippen MR) is 150 cm³/mol. The van der Waals surface area contributed by atoms with Crippen LogP contribution in [0.1, 0.15) is 30.9 Å². The third-order valence-electron chi connectivity index (χ3n) is 8.04. The van der Waals surface area contributed by atoms with E-state index in [2.05, 4.69) is 20.3 Å². The van der Waals surface area contributed by atoms with Gasteiger partial charge < -0.3 is 25.8 Å². The van der Waals surface area contributed by atoms with E-state index in [9.17, 15) is 23.1 Å². The Labute approximate surface area is 243 Å². The number of nitrogen functional groups attached to an aromatic ring is 1. The van der Waals surface area contributed by atoms with Crippen molar-refractivity contribution in [2.75, 3.05) is 30.3 Å². The number of para-hydroxylation sites is 2. The van der Waals surface area contributed by atoms with E-state index < -0.39 is 24.3 Å². The highest BCUT2D eigenvalue weighted by Gasteiger charge is 2.46. The van der Waals surface area contributed by atoms with Crippen LogP contribution in [-0.2, 0) is 4.79 Å². The van der Waals surface area contributed by atoms with Crippen molar-refractivity contribution in [2.24, 2.45) is 5.41 Å². The van der Waals surface area contributed by atoms with Crippen molar-refractivity contribution in [3.8, 4) is 11.6 Å². The van der Waals surface area contributed by atoms with Crippen LogP contribution in [0.5, 0.6) is 5.88 Å². The fourth-order valence-electron chi connectivity index (χ4n) is 5.86. The number of fused-ring (bicyclic) bond motifs is 1. The molecule has 1 spiro atoms. The van der Waals surface area contributed by atoms with E-state index in [-0.39, 0.29) is 33.5 Å². The van der Waals surface area contributed by atoms with E-state index in [0.29, 0.717) is 55.7 Å². The van der Waals surface area contributed by atoms with Gasteiger partial charge in [0.05, 0.1) is 16.7 Å². The number of anilines is 2. The lowest BCUT2D eigenvalue weighted by atomic mass is 9.76. The van der Waals surface area contributed by atoms with Gasteiger partial charge in [-0.05, 0) is 48.9 Å². The number of imidazole rings is 1. The van der Waals surface area contributed by atoms with E-state index in [1.54, 1.807) is 24.3 Å². The van der Waals surface area contributed by atoms with Crippen LogP contribution in [0.15, 0.2) is 54.9 Å². The monoisotopic (exact) mass is 601 g/mol. The van der Waals surface area contributed by atoms with Gasteiger partial charge in [0, 0.05) is 36.3 Å². The fourth-order valence-corrected chi connectivity index (χ4v) is 6.03. The Hall–Kier alpha value is -4.10. The van der Waals surface area contributed by atoms with Crippen LogP contribution in [0.25, 0.3) is 16.7 Å². The number of benzene rings is 2. The predicted octanol–water partition coefficient (Wildman–Crippen LogP) is 4.77. The van der Waals surface area contributed by atoms with Crippen LogP contribution >= 0.6 is 11.6 Å². The highest BCUT2D eigenvalue weighted by molar-refractivity contribution is 6.30. The molecular formula is C28H27ClF3N7O3. The van der Waals surface area contributed by atoms with Gasteiger partial charge >= 0.3 is 12.1 Å². The molecule has 4 heterocycles. The lowest BCUT2D eigenvalue weighted by Crippen LogP contribution is -2.41. The van der Waals surface area contributed by atoms with Gasteiger partial charge in [0.25, 0.3) is 0 Å². The Kier molecular flexibility index (Phi) is 7.09. The van der Waals surface area contributed by atoms with Crippen molar-refractivity contribution in [1.82, 2.24) is 24.8 Å². The van der Waals surface area contributed by atoms with Crippen molar-refractivity contribution >= 4 is 40.4 Å². The summed E-state index contributed by atoms with van der Waals surface area (Å²) in [6, 6.07) is 11.9. The summed E-state index contributed by atoms with van der Waals surface area (Å²) < 4.78 is 51.0. The molecule has 2 fully saturated rings. The van der Waals surface area contributed by atoms with E-state index in [4.69, 9.17) is 22.1 Å². The molecule has 2 atom stereocenters. The van der Waals surface area contributed by atoms with Gasteiger partial charge in [-0.1, -0.05) is 29.8 Å². The maximum Gasteiger partial charge on any atom is 0.429 e. The first-order chi connectivity index (χ1) is 20.0. The van der Waals surface area contributed by atoms with Gasteiger partial charge in [0.15, 0.2) is 0 Å². The minimum Gasteiger partial charge on any atom is -0.480 e. The number of carboxylic acids is 1. The number of aromatic nitrogens is 4. The SMILES string of the molecule is Nc1nc(O[C@H](c2ccc(Cl)cc2-n2cnc3ccccc32)C(F)(F)F)cc(N2CCC3(CC2)CNC(C(=O)O)C3)n1. The molecule has 0 amide bonds. The smallest absolute Gasteiger partial charge is 0.429 e. The maximum absolute atomic E-state index is 14.6. The maximum atomic E-state index is 14.6. The molecule has 0 radical (unpaired) electrons. The molecule has 220 valence electrons. The first-order valence-corrected chi connectivity index (χ1v) is 13.7. The first-order valence-electron chi connectivity index (χ1n) is 13.3. The third-order valence-corrected chi connectivity index (χ3v) is 8.27. The number of rotatable bonds is 6. The van der Waals surface area contributed by atoms with Crippen molar-refractivity contribution in [3.63, 3.8) is 0 Å². The van der Waals surface area contributed by atoms with Gasteiger partial charge in [-0.25, -0.2) is 4.98 Å². The molecule has 1 unspecified atom stereocenters. The van der Waals surface area contributed by atoms with Crippen molar-refractivity contribution in [3.05, 3.63) is 65.4 Å². The molecular weight excluding hydrogens is 575 g/mol. The van der Waals surface area contributed by atoms with E-state index >= 15 is 0 Å². The molecule has 4 aromatic rings. The summed E-state index contributed by atoms with van der Waals surface area (Å²) in [5.41, 5.74) is 6.96. The summed E-state index contributed by atoms with van der Waals surface area (Å²) in [6.07, 6.45) is -3.87. The number of nitrogens with zero attached hydrogens (tertiary/aromatic N) is 5. The normalized spacial score (nSPS) is 19.3. The summed E-state index contributed by atoms with van der Waals surface area (Å²) >= 11 is 6.23. The fraction of sp³-hybridized carbons (Fsp3) is 0.357. The number of piperidine rings is 1. The average Bonchev–Trinajstić information content (AvgIpc) is 3.56. The number of alkyl halides is 3. The van der Waals surface area contributed by atoms with E-state index in [1.165, 1.54) is 35.2 Å². The summed E-state index contributed by atoms with van der Waals surface area (Å²) in [5, 5.41) is 12.7. The molecule has 2 aromatic heterocycles. The second-order valence-corrected chi connectivity index (χ2v) is 11.2. The number of hydrogen-bond acceptors (Lipinski definition) is 8.